The number of hydrogen-bond acceptors (Lipinski definition) is 3. The van der Waals surface area contributed by atoms with E-state index in [1.54, 1.807) is 0 Å². The van der Waals surface area contributed by atoms with Gasteiger partial charge in [0.1, 0.15) is 0 Å². The minimum Gasteiger partial charge on any atom is -0.481 e. The maximum Gasteiger partial charge on any atom is 0.303 e. The number of carboxylic acid groups (broad SMARTS) is 1. The third-order valence-electron chi connectivity index (χ3n) is 1.33. The molecule has 0 saturated carbocycles. The second-order valence-electron chi connectivity index (χ2n) is 2.54. The monoisotopic (exact) mass is 161 g/mol. The van der Waals surface area contributed by atoms with E-state index in [9.17, 15) is 4.79 Å². The van der Waals surface area contributed by atoms with E-state index in [1.807, 2.05) is 6.92 Å². The number of nitrogens with one attached hydrogen (secondary N) is 1. The molecule has 0 fully saturated rings. The molecule has 0 aliphatic heterocycles. The van der Waals surface area contributed by atoms with Crippen LogP contribution >= 0.6 is 0 Å². The van der Waals surface area contributed by atoms with Crippen LogP contribution in [0.3, 0.4) is 0 Å². The Kier molecular flexibility index (Phi) is 5.78. The van der Waals surface area contributed by atoms with Crippen LogP contribution in [0.5, 0.6) is 0 Å². The van der Waals surface area contributed by atoms with E-state index in [1.165, 1.54) is 0 Å². The summed E-state index contributed by atoms with van der Waals surface area (Å²) in [5.41, 5.74) is 0. The normalized spacial score (nSPS) is 12.9. The zero-order chi connectivity index (χ0) is 8.69. The lowest BCUT2D eigenvalue weighted by Crippen LogP contribution is -2.30. The minimum atomic E-state index is -0.775. The second-order valence-corrected chi connectivity index (χ2v) is 2.54. The van der Waals surface area contributed by atoms with Gasteiger partial charge in [0.2, 0.25) is 0 Å². The number of hydrogen-bond donors (Lipinski definition) is 3. The Bertz CT molecular complexity index is 116. The number of aliphatic hydroxyl groups is 1. The van der Waals surface area contributed by atoms with Crippen LogP contribution in [-0.2, 0) is 4.79 Å². The number of carbonyl (C=O) groups is 1. The topological polar surface area (TPSA) is 69.6 Å². The van der Waals surface area contributed by atoms with Crippen LogP contribution in [0.4, 0.5) is 0 Å². The fourth-order valence-corrected chi connectivity index (χ4v) is 0.653. The molecular weight excluding hydrogens is 146 g/mol. The molecule has 4 nitrogen and oxygen atoms in total. The highest BCUT2D eigenvalue weighted by molar-refractivity contribution is 5.66. The predicted molar refractivity (Wildman–Crippen MR) is 41.4 cm³/mol. The van der Waals surface area contributed by atoms with Crippen molar-refractivity contribution in [3.63, 3.8) is 0 Å². The zero-order valence-electron chi connectivity index (χ0n) is 6.71. The van der Waals surface area contributed by atoms with Crippen LogP contribution in [0, 0.1) is 0 Å². The van der Waals surface area contributed by atoms with Gasteiger partial charge in [0.15, 0.2) is 0 Å². The third kappa shape index (κ3) is 7.29. The molecule has 3 N–H and O–H groups in total. The standard InChI is InChI=1S/C7H15NO3/c1-6(5-9)8-4-2-3-7(10)11/h6,8-9H,2-5H2,1H3,(H,10,11). The van der Waals surface area contributed by atoms with E-state index in [2.05, 4.69) is 5.32 Å². The maximum absolute atomic E-state index is 10.0. The average Bonchev–Trinajstić information content (AvgIpc) is 1.97. The molecule has 0 rings (SSSR count). The quantitative estimate of drug-likeness (QED) is 0.473. The van der Waals surface area contributed by atoms with Crippen molar-refractivity contribution in [2.45, 2.75) is 25.8 Å². The first-order valence-electron chi connectivity index (χ1n) is 3.73. The van der Waals surface area contributed by atoms with Crippen molar-refractivity contribution in [3.05, 3.63) is 0 Å². The summed E-state index contributed by atoms with van der Waals surface area (Å²) < 4.78 is 0. The van der Waals surface area contributed by atoms with Crippen molar-refractivity contribution >= 4 is 5.97 Å². The van der Waals surface area contributed by atoms with Gasteiger partial charge >= 0.3 is 5.97 Å². The van der Waals surface area contributed by atoms with Gasteiger partial charge in [-0.25, -0.2) is 0 Å². The lowest BCUT2D eigenvalue weighted by Gasteiger charge is -2.08. The third-order valence-corrected chi connectivity index (χ3v) is 1.33. The van der Waals surface area contributed by atoms with Crippen LogP contribution in [-0.4, -0.2) is 35.4 Å². The number of rotatable bonds is 6. The molecule has 0 aromatic heterocycles. The summed E-state index contributed by atoms with van der Waals surface area (Å²) in [6.45, 7) is 2.59. The van der Waals surface area contributed by atoms with Crippen molar-refractivity contribution < 1.29 is 15.0 Å². The van der Waals surface area contributed by atoms with E-state index < -0.39 is 5.97 Å². The molecule has 0 saturated heterocycles. The molecule has 11 heavy (non-hydrogen) atoms. The van der Waals surface area contributed by atoms with Gasteiger partial charge in [-0.3, -0.25) is 4.79 Å². The second kappa shape index (κ2) is 6.12. The largest absolute Gasteiger partial charge is 0.481 e. The van der Waals surface area contributed by atoms with Crippen molar-refractivity contribution in [3.8, 4) is 0 Å². The van der Waals surface area contributed by atoms with Gasteiger partial charge in [-0.15, -0.1) is 0 Å². The smallest absolute Gasteiger partial charge is 0.303 e. The first-order chi connectivity index (χ1) is 5.16. The molecule has 0 aromatic carbocycles. The SMILES string of the molecule is CC(CO)NCCCC(=O)O. The Hall–Kier alpha value is -0.610. The molecule has 0 aliphatic carbocycles. The Balaban J connectivity index is 3.08. The molecule has 1 unspecified atom stereocenters. The van der Waals surface area contributed by atoms with Gasteiger partial charge in [0.05, 0.1) is 6.61 Å². The van der Waals surface area contributed by atoms with Crippen LogP contribution in [0.15, 0.2) is 0 Å². The summed E-state index contributed by atoms with van der Waals surface area (Å²) in [6.07, 6.45) is 0.796. The molecule has 0 heterocycles. The molecule has 0 spiro atoms. The molecule has 0 aliphatic rings. The van der Waals surface area contributed by atoms with E-state index in [4.69, 9.17) is 10.2 Å². The highest BCUT2D eigenvalue weighted by atomic mass is 16.4. The molecule has 4 heteroatoms. The first kappa shape index (κ1) is 10.4. The van der Waals surface area contributed by atoms with Crippen molar-refractivity contribution in [1.29, 1.82) is 0 Å². The molecule has 0 amide bonds. The van der Waals surface area contributed by atoms with Crippen molar-refractivity contribution in [2.24, 2.45) is 0 Å². The Morgan fingerprint density at radius 3 is 2.73 bits per heavy atom. The Morgan fingerprint density at radius 1 is 1.64 bits per heavy atom. The summed E-state index contributed by atoms with van der Waals surface area (Å²) in [7, 11) is 0. The summed E-state index contributed by atoms with van der Waals surface area (Å²) in [5, 5.41) is 19.8. The summed E-state index contributed by atoms with van der Waals surface area (Å²) in [6, 6.07) is 0.0591. The van der Waals surface area contributed by atoms with Gasteiger partial charge in [-0.1, -0.05) is 0 Å². The van der Waals surface area contributed by atoms with Gasteiger partial charge in [-0.2, -0.15) is 0 Å². The van der Waals surface area contributed by atoms with Crippen LogP contribution in [0.1, 0.15) is 19.8 Å². The average molecular weight is 161 g/mol. The fraction of sp³-hybridized carbons (Fsp3) is 0.857. The summed E-state index contributed by atoms with van der Waals surface area (Å²) >= 11 is 0. The van der Waals surface area contributed by atoms with Gasteiger partial charge < -0.3 is 15.5 Å². The van der Waals surface area contributed by atoms with Gasteiger partial charge in [0.25, 0.3) is 0 Å². The lowest BCUT2D eigenvalue weighted by atomic mass is 10.3. The first-order valence-corrected chi connectivity index (χ1v) is 3.73. The van der Waals surface area contributed by atoms with Crippen molar-refractivity contribution in [2.75, 3.05) is 13.2 Å². The molecule has 66 valence electrons. The highest BCUT2D eigenvalue weighted by Crippen LogP contribution is 1.87. The van der Waals surface area contributed by atoms with Crippen LogP contribution < -0.4 is 5.32 Å². The Labute approximate surface area is 66.2 Å². The van der Waals surface area contributed by atoms with E-state index in [-0.39, 0.29) is 19.1 Å². The molecule has 0 aromatic rings. The van der Waals surface area contributed by atoms with E-state index in [0.29, 0.717) is 13.0 Å². The molecular formula is C7H15NO3. The van der Waals surface area contributed by atoms with E-state index in [0.717, 1.165) is 0 Å². The fourth-order valence-electron chi connectivity index (χ4n) is 0.653. The van der Waals surface area contributed by atoms with Crippen LogP contribution in [0.25, 0.3) is 0 Å². The lowest BCUT2D eigenvalue weighted by molar-refractivity contribution is -0.137. The van der Waals surface area contributed by atoms with E-state index >= 15 is 0 Å². The number of aliphatic carboxylic acids is 1. The molecule has 0 radical (unpaired) electrons. The number of carboxylic acids is 1. The zero-order valence-corrected chi connectivity index (χ0v) is 6.71. The predicted octanol–water partition coefficient (Wildman–Crippen LogP) is -0.178. The molecule has 0 bridgehead atoms. The molecule has 1 atom stereocenters. The summed E-state index contributed by atoms with van der Waals surface area (Å²) in [4.78, 5) is 10.0. The van der Waals surface area contributed by atoms with Gasteiger partial charge in [-0.05, 0) is 19.9 Å². The minimum absolute atomic E-state index is 0.0591. The Morgan fingerprint density at radius 2 is 2.27 bits per heavy atom. The summed E-state index contributed by atoms with van der Waals surface area (Å²) in [5.74, 6) is -0.775. The maximum atomic E-state index is 10.0. The number of aliphatic hydroxyl groups excluding tert-OH is 1. The van der Waals surface area contributed by atoms with Gasteiger partial charge in [0, 0.05) is 12.5 Å². The van der Waals surface area contributed by atoms with Crippen LogP contribution in [0.2, 0.25) is 0 Å². The highest BCUT2D eigenvalue weighted by Gasteiger charge is 1.99. The van der Waals surface area contributed by atoms with Crippen molar-refractivity contribution in [1.82, 2.24) is 5.32 Å².